The van der Waals surface area contributed by atoms with E-state index in [9.17, 15) is 18.0 Å². The molecule has 0 aliphatic heterocycles. The van der Waals surface area contributed by atoms with Gasteiger partial charge in [0, 0.05) is 5.57 Å². The fourth-order valence-corrected chi connectivity index (χ4v) is 4.66. The topological polar surface area (TPSA) is 17.1 Å². The second kappa shape index (κ2) is 7.61. The Hall–Kier alpha value is -2.88. The van der Waals surface area contributed by atoms with Crippen LogP contribution in [-0.2, 0) is 21.8 Å². The van der Waals surface area contributed by atoms with E-state index in [0.29, 0.717) is 6.29 Å². The third kappa shape index (κ3) is 4.11. The van der Waals surface area contributed by atoms with Gasteiger partial charge in [-0.1, -0.05) is 64.1 Å². The van der Waals surface area contributed by atoms with Crippen molar-refractivity contribution in [2.75, 3.05) is 0 Å². The molecule has 0 fully saturated rings. The van der Waals surface area contributed by atoms with Crippen LogP contribution in [0.25, 0.3) is 22.4 Å². The number of alkyl halides is 3. The van der Waals surface area contributed by atoms with Gasteiger partial charge in [-0.05, 0) is 81.0 Å². The van der Waals surface area contributed by atoms with Crippen molar-refractivity contribution in [3.8, 4) is 0 Å². The Bertz CT molecular complexity index is 1230. The van der Waals surface area contributed by atoms with Crippen LogP contribution in [0.5, 0.6) is 0 Å². The van der Waals surface area contributed by atoms with E-state index in [2.05, 4.69) is 39.8 Å². The van der Waals surface area contributed by atoms with Crippen molar-refractivity contribution in [1.82, 2.24) is 0 Å². The first kappa shape index (κ1) is 22.3. The highest BCUT2D eigenvalue weighted by Gasteiger charge is 2.37. The maximum atomic E-state index is 13.1. The first-order valence-corrected chi connectivity index (χ1v) is 10.8. The summed E-state index contributed by atoms with van der Waals surface area (Å²) < 4.78 is 39.3. The summed E-state index contributed by atoms with van der Waals surface area (Å²) in [6.07, 6.45) is 0.0587. The SMILES string of the molecule is CC1(C)CCC(C)(C)c2cc3cc(C=C(C=O)c4cccc(C(F)(F)F)c4)ccc3cc21. The second-order valence-corrected chi connectivity index (χ2v) is 10.1. The number of rotatable bonds is 3. The largest absolute Gasteiger partial charge is 0.416 e. The zero-order chi connectivity index (χ0) is 23.3. The molecule has 0 unspecified atom stereocenters. The molecule has 0 saturated heterocycles. The average Bonchev–Trinajstić information content (AvgIpc) is 2.74. The number of hydrogen-bond acceptors (Lipinski definition) is 1. The highest BCUT2D eigenvalue weighted by Crippen LogP contribution is 2.47. The Kier molecular flexibility index (Phi) is 5.31. The van der Waals surface area contributed by atoms with E-state index in [1.807, 2.05) is 18.2 Å². The van der Waals surface area contributed by atoms with Crippen LogP contribution < -0.4 is 0 Å². The summed E-state index contributed by atoms with van der Waals surface area (Å²) in [5.41, 5.74) is 3.40. The number of carbonyl (C=O) groups excluding carboxylic acids is 1. The predicted octanol–water partition coefficient (Wildman–Crippen LogP) is 7.95. The van der Waals surface area contributed by atoms with E-state index in [-0.39, 0.29) is 22.0 Å². The lowest BCUT2D eigenvalue weighted by atomic mass is 9.63. The number of carbonyl (C=O) groups is 1. The molecular formula is C28H27F3O. The first-order valence-electron chi connectivity index (χ1n) is 10.8. The number of allylic oxidation sites excluding steroid dienone is 1. The molecule has 0 saturated carbocycles. The van der Waals surface area contributed by atoms with Crippen LogP contribution in [0.1, 0.15) is 68.4 Å². The molecule has 0 radical (unpaired) electrons. The third-order valence-corrected chi connectivity index (χ3v) is 6.81. The van der Waals surface area contributed by atoms with Gasteiger partial charge in [0.15, 0.2) is 6.29 Å². The molecule has 1 aliphatic rings. The van der Waals surface area contributed by atoms with Gasteiger partial charge in [0.25, 0.3) is 0 Å². The lowest BCUT2D eigenvalue weighted by Crippen LogP contribution is -2.33. The predicted molar refractivity (Wildman–Crippen MR) is 125 cm³/mol. The minimum absolute atomic E-state index is 0.0802. The van der Waals surface area contributed by atoms with E-state index in [4.69, 9.17) is 0 Å². The van der Waals surface area contributed by atoms with Crippen LogP contribution in [0.3, 0.4) is 0 Å². The van der Waals surface area contributed by atoms with Crippen molar-refractivity contribution in [3.05, 3.63) is 82.4 Å². The Balaban J connectivity index is 1.80. The second-order valence-electron chi connectivity index (χ2n) is 10.1. The lowest BCUT2D eigenvalue weighted by molar-refractivity contribution is -0.137. The van der Waals surface area contributed by atoms with Crippen LogP contribution in [0, 0.1) is 0 Å². The van der Waals surface area contributed by atoms with Gasteiger partial charge in [-0.3, -0.25) is 4.79 Å². The van der Waals surface area contributed by atoms with Gasteiger partial charge in [-0.25, -0.2) is 0 Å². The van der Waals surface area contributed by atoms with Crippen molar-refractivity contribution in [1.29, 1.82) is 0 Å². The van der Waals surface area contributed by atoms with Crippen LogP contribution >= 0.6 is 0 Å². The molecule has 1 aliphatic carbocycles. The third-order valence-electron chi connectivity index (χ3n) is 6.81. The highest BCUT2D eigenvalue weighted by molar-refractivity contribution is 6.13. The molecule has 0 spiro atoms. The van der Waals surface area contributed by atoms with Crippen LogP contribution in [0.15, 0.2) is 54.6 Å². The van der Waals surface area contributed by atoms with Crippen LogP contribution in [0.2, 0.25) is 0 Å². The van der Waals surface area contributed by atoms with E-state index in [1.54, 1.807) is 6.08 Å². The standard InChI is InChI=1S/C28H27F3O/c1-26(2)10-11-27(3,4)25-16-21-12-18(8-9-20(21)15-24(25)26)13-22(17-32)19-6-5-7-23(14-19)28(29,30)31/h5-9,12-17H,10-11H2,1-4H3. The normalized spacial score (nSPS) is 17.8. The maximum absolute atomic E-state index is 13.1. The van der Waals surface area contributed by atoms with E-state index < -0.39 is 11.7 Å². The first-order chi connectivity index (χ1) is 14.9. The van der Waals surface area contributed by atoms with E-state index in [1.165, 1.54) is 23.3 Å². The molecule has 0 heterocycles. The zero-order valence-electron chi connectivity index (χ0n) is 18.8. The minimum Gasteiger partial charge on any atom is -0.298 e. The zero-order valence-corrected chi connectivity index (χ0v) is 18.8. The van der Waals surface area contributed by atoms with Gasteiger partial charge >= 0.3 is 6.18 Å². The smallest absolute Gasteiger partial charge is 0.298 e. The van der Waals surface area contributed by atoms with Gasteiger partial charge in [-0.2, -0.15) is 13.2 Å². The molecule has 4 heteroatoms. The van der Waals surface area contributed by atoms with Crippen LogP contribution in [-0.4, -0.2) is 6.29 Å². The molecule has 1 nitrogen and oxygen atoms in total. The van der Waals surface area contributed by atoms with Crippen molar-refractivity contribution < 1.29 is 18.0 Å². The summed E-state index contributed by atoms with van der Waals surface area (Å²) in [4.78, 5) is 11.7. The van der Waals surface area contributed by atoms with Gasteiger partial charge in [0.1, 0.15) is 0 Å². The molecular weight excluding hydrogens is 409 g/mol. The maximum Gasteiger partial charge on any atom is 0.416 e. The van der Waals surface area contributed by atoms with Gasteiger partial charge < -0.3 is 0 Å². The molecule has 0 atom stereocenters. The van der Waals surface area contributed by atoms with Crippen molar-refractivity contribution in [2.45, 2.75) is 57.5 Å². The highest BCUT2D eigenvalue weighted by atomic mass is 19.4. The number of fused-ring (bicyclic) bond motifs is 2. The summed E-state index contributed by atoms with van der Waals surface area (Å²) in [6.45, 7) is 9.12. The van der Waals surface area contributed by atoms with Gasteiger partial charge in [-0.15, -0.1) is 0 Å². The summed E-state index contributed by atoms with van der Waals surface area (Å²) >= 11 is 0. The van der Waals surface area contributed by atoms with Gasteiger partial charge in [0.2, 0.25) is 0 Å². The quantitative estimate of drug-likeness (QED) is 0.231. The number of halogens is 3. The molecule has 3 aromatic rings. The number of aldehydes is 1. The molecule has 4 rings (SSSR count). The molecule has 32 heavy (non-hydrogen) atoms. The van der Waals surface area contributed by atoms with Gasteiger partial charge in [0.05, 0.1) is 5.56 Å². The van der Waals surface area contributed by atoms with Crippen LogP contribution in [0.4, 0.5) is 13.2 Å². The van der Waals surface area contributed by atoms with Crippen molar-refractivity contribution in [3.63, 3.8) is 0 Å². The summed E-state index contributed by atoms with van der Waals surface area (Å²) in [5.74, 6) is 0. The fraction of sp³-hybridized carbons (Fsp3) is 0.321. The van der Waals surface area contributed by atoms with Crippen molar-refractivity contribution in [2.24, 2.45) is 0 Å². The lowest BCUT2D eigenvalue weighted by Gasteiger charge is -2.42. The average molecular weight is 437 g/mol. The molecule has 3 aromatic carbocycles. The monoisotopic (exact) mass is 436 g/mol. The molecule has 0 aromatic heterocycles. The Morgan fingerprint density at radius 3 is 2.06 bits per heavy atom. The Labute approximate surface area is 187 Å². The molecule has 0 bridgehead atoms. The number of hydrogen-bond donors (Lipinski definition) is 0. The van der Waals surface area contributed by atoms with E-state index >= 15 is 0 Å². The summed E-state index contributed by atoms with van der Waals surface area (Å²) in [5, 5.41) is 2.19. The summed E-state index contributed by atoms with van der Waals surface area (Å²) in [6, 6.07) is 15.3. The summed E-state index contributed by atoms with van der Waals surface area (Å²) in [7, 11) is 0. The Morgan fingerprint density at radius 2 is 1.47 bits per heavy atom. The molecule has 166 valence electrons. The minimum atomic E-state index is -4.45. The number of benzene rings is 3. The fourth-order valence-electron chi connectivity index (χ4n) is 4.66. The Morgan fingerprint density at radius 1 is 0.844 bits per heavy atom. The molecule has 0 N–H and O–H groups in total. The van der Waals surface area contributed by atoms with Crippen molar-refractivity contribution >= 4 is 28.7 Å². The molecule has 0 amide bonds. The van der Waals surface area contributed by atoms with E-state index in [0.717, 1.165) is 41.3 Å².